The summed E-state index contributed by atoms with van der Waals surface area (Å²) in [6.45, 7) is 3.75. The van der Waals surface area contributed by atoms with Gasteiger partial charge >= 0.3 is 0 Å². The zero-order chi connectivity index (χ0) is 18.9. The summed E-state index contributed by atoms with van der Waals surface area (Å²) in [6.07, 6.45) is 0.873. The standard InChI is InChI=1S/C21H29N3O2/c1-16-8-6-7-9-18(16)15-24(3)21(22-2)23-13-12-17-10-11-19(25-4)20(14-17)26-5/h6-11,14H,12-13,15H2,1-5H3,(H,22,23). The van der Waals surface area contributed by atoms with Gasteiger partial charge in [0.2, 0.25) is 0 Å². The number of guanidine groups is 1. The number of aryl methyl sites for hydroxylation is 1. The molecule has 1 N–H and O–H groups in total. The summed E-state index contributed by atoms with van der Waals surface area (Å²) in [4.78, 5) is 6.53. The third-order valence-electron chi connectivity index (χ3n) is 4.39. The molecule has 0 amide bonds. The van der Waals surface area contributed by atoms with E-state index in [2.05, 4.69) is 59.5 Å². The first kappa shape index (κ1) is 19.6. The van der Waals surface area contributed by atoms with E-state index in [1.54, 1.807) is 14.2 Å². The van der Waals surface area contributed by atoms with Crippen molar-refractivity contribution in [3.8, 4) is 11.5 Å². The second kappa shape index (κ2) is 9.70. The molecule has 0 saturated heterocycles. The fourth-order valence-corrected chi connectivity index (χ4v) is 2.86. The summed E-state index contributed by atoms with van der Waals surface area (Å²) >= 11 is 0. The van der Waals surface area contributed by atoms with Crippen molar-refractivity contribution in [1.29, 1.82) is 0 Å². The van der Waals surface area contributed by atoms with Gasteiger partial charge in [0.05, 0.1) is 14.2 Å². The molecule has 0 saturated carbocycles. The SMILES string of the molecule is CN=C(NCCc1ccc(OC)c(OC)c1)N(C)Cc1ccccc1C. The Labute approximate surface area is 156 Å². The number of rotatable bonds is 7. The van der Waals surface area contributed by atoms with Crippen LogP contribution in [0.4, 0.5) is 0 Å². The molecule has 140 valence electrons. The number of aliphatic imine (C=N–C) groups is 1. The van der Waals surface area contributed by atoms with Crippen LogP contribution in [0.2, 0.25) is 0 Å². The van der Waals surface area contributed by atoms with Crippen LogP contribution in [0.15, 0.2) is 47.5 Å². The van der Waals surface area contributed by atoms with Crippen LogP contribution >= 0.6 is 0 Å². The lowest BCUT2D eigenvalue weighted by molar-refractivity contribution is 0.354. The van der Waals surface area contributed by atoms with Gasteiger partial charge in [0, 0.05) is 27.2 Å². The quantitative estimate of drug-likeness (QED) is 0.612. The van der Waals surface area contributed by atoms with Gasteiger partial charge in [0.15, 0.2) is 17.5 Å². The van der Waals surface area contributed by atoms with Crippen molar-refractivity contribution in [2.45, 2.75) is 19.9 Å². The summed E-state index contributed by atoms with van der Waals surface area (Å²) in [5, 5.41) is 3.43. The van der Waals surface area contributed by atoms with E-state index in [-0.39, 0.29) is 0 Å². The van der Waals surface area contributed by atoms with Gasteiger partial charge in [-0.05, 0) is 42.2 Å². The fraction of sp³-hybridized carbons (Fsp3) is 0.381. The number of benzene rings is 2. The summed E-state index contributed by atoms with van der Waals surface area (Å²) < 4.78 is 10.6. The monoisotopic (exact) mass is 355 g/mol. The first-order chi connectivity index (χ1) is 12.6. The van der Waals surface area contributed by atoms with Crippen LogP contribution in [0.25, 0.3) is 0 Å². The van der Waals surface area contributed by atoms with E-state index in [0.29, 0.717) is 0 Å². The van der Waals surface area contributed by atoms with Crippen molar-refractivity contribution >= 4 is 5.96 Å². The molecular formula is C21H29N3O2. The molecule has 0 aromatic heterocycles. The summed E-state index contributed by atoms with van der Waals surface area (Å²) in [6, 6.07) is 14.4. The van der Waals surface area contributed by atoms with Crippen LogP contribution in [0.3, 0.4) is 0 Å². The van der Waals surface area contributed by atoms with E-state index in [1.807, 2.05) is 19.2 Å². The van der Waals surface area contributed by atoms with E-state index in [1.165, 1.54) is 16.7 Å². The number of nitrogens with one attached hydrogen (secondary N) is 1. The molecule has 0 bridgehead atoms. The Hall–Kier alpha value is -2.69. The Bertz CT molecular complexity index is 744. The predicted octanol–water partition coefficient (Wildman–Crippen LogP) is 3.26. The van der Waals surface area contributed by atoms with Gasteiger partial charge in [-0.25, -0.2) is 0 Å². The minimum atomic E-state index is 0.748. The molecule has 0 aliphatic heterocycles. The lowest BCUT2D eigenvalue weighted by Gasteiger charge is -2.23. The molecule has 26 heavy (non-hydrogen) atoms. The van der Waals surface area contributed by atoms with Gasteiger partial charge in [0.25, 0.3) is 0 Å². The zero-order valence-corrected chi connectivity index (χ0v) is 16.4. The van der Waals surface area contributed by atoms with Gasteiger partial charge in [-0.3, -0.25) is 4.99 Å². The summed E-state index contributed by atoms with van der Waals surface area (Å²) in [5.41, 5.74) is 3.78. The normalized spacial score (nSPS) is 11.2. The van der Waals surface area contributed by atoms with Gasteiger partial charge in [-0.15, -0.1) is 0 Å². The lowest BCUT2D eigenvalue weighted by Crippen LogP contribution is -2.39. The van der Waals surface area contributed by atoms with Crippen molar-refractivity contribution in [1.82, 2.24) is 10.2 Å². The molecule has 2 aromatic rings. The van der Waals surface area contributed by atoms with Crippen molar-refractivity contribution in [2.24, 2.45) is 4.99 Å². The molecule has 0 heterocycles. The maximum absolute atomic E-state index is 5.36. The third kappa shape index (κ3) is 5.15. The Balaban J connectivity index is 1.92. The van der Waals surface area contributed by atoms with Gasteiger partial charge in [-0.1, -0.05) is 30.3 Å². The lowest BCUT2D eigenvalue weighted by atomic mass is 10.1. The van der Waals surface area contributed by atoms with Crippen molar-refractivity contribution < 1.29 is 9.47 Å². The summed E-state index contributed by atoms with van der Waals surface area (Å²) in [7, 11) is 7.17. The van der Waals surface area contributed by atoms with Gasteiger partial charge in [-0.2, -0.15) is 0 Å². The molecule has 2 aromatic carbocycles. The Morgan fingerprint density at radius 3 is 2.46 bits per heavy atom. The zero-order valence-electron chi connectivity index (χ0n) is 16.4. The average molecular weight is 355 g/mol. The molecule has 2 rings (SSSR count). The highest BCUT2D eigenvalue weighted by Gasteiger charge is 2.09. The largest absolute Gasteiger partial charge is 0.493 e. The van der Waals surface area contributed by atoms with Crippen LogP contribution in [0, 0.1) is 6.92 Å². The first-order valence-corrected chi connectivity index (χ1v) is 8.76. The van der Waals surface area contributed by atoms with Crippen LogP contribution in [0.1, 0.15) is 16.7 Å². The Morgan fingerprint density at radius 2 is 1.81 bits per heavy atom. The number of methoxy groups -OCH3 is 2. The molecule has 0 aliphatic carbocycles. The smallest absolute Gasteiger partial charge is 0.193 e. The Kier molecular flexibility index (Phi) is 7.33. The maximum atomic E-state index is 5.36. The van der Waals surface area contributed by atoms with Crippen LogP contribution in [0.5, 0.6) is 11.5 Å². The Morgan fingerprint density at radius 1 is 1.08 bits per heavy atom. The van der Waals surface area contributed by atoms with Gasteiger partial charge < -0.3 is 19.7 Å². The number of nitrogens with zero attached hydrogens (tertiary/aromatic N) is 2. The minimum Gasteiger partial charge on any atom is -0.493 e. The topological polar surface area (TPSA) is 46.1 Å². The van der Waals surface area contributed by atoms with Crippen molar-refractivity contribution in [3.63, 3.8) is 0 Å². The van der Waals surface area contributed by atoms with E-state index in [0.717, 1.165) is 37.0 Å². The molecule has 0 unspecified atom stereocenters. The fourth-order valence-electron chi connectivity index (χ4n) is 2.86. The van der Waals surface area contributed by atoms with E-state index < -0.39 is 0 Å². The number of hydrogen-bond donors (Lipinski definition) is 1. The molecule has 0 fully saturated rings. The highest BCUT2D eigenvalue weighted by molar-refractivity contribution is 5.79. The molecule has 0 atom stereocenters. The highest BCUT2D eigenvalue weighted by Crippen LogP contribution is 2.27. The second-order valence-corrected chi connectivity index (χ2v) is 6.20. The van der Waals surface area contributed by atoms with Crippen LogP contribution in [-0.4, -0.2) is 45.7 Å². The highest BCUT2D eigenvalue weighted by atomic mass is 16.5. The average Bonchev–Trinajstić information content (AvgIpc) is 2.66. The molecular weight excluding hydrogens is 326 g/mol. The minimum absolute atomic E-state index is 0.748. The number of hydrogen-bond acceptors (Lipinski definition) is 3. The second-order valence-electron chi connectivity index (χ2n) is 6.20. The molecule has 0 radical (unpaired) electrons. The first-order valence-electron chi connectivity index (χ1n) is 8.76. The van der Waals surface area contributed by atoms with Crippen LogP contribution in [-0.2, 0) is 13.0 Å². The van der Waals surface area contributed by atoms with Crippen molar-refractivity contribution in [3.05, 3.63) is 59.2 Å². The maximum Gasteiger partial charge on any atom is 0.193 e. The van der Waals surface area contributed by atoms with E-state index in [4.69, 9.17) is 9.47 Å². The van der Waals surface area contributed by atoms with E-state index >= 15 is 0 Å². The van der Waals surface area contributed by atoms with E-state index in [9.17, 15) is 0 Å². The van der Waals surface area contributed by atoms with Crippen LogP contribution < -0.4 is 14.8 Å². The molecule has 0 spiro atoms. The van der Waals surface area contributed by atoms with Gasteiger partial charge in [0.1, 0.15) is 0 Å². The third-order valence-corrected chi connectivity index (χ3v) is 4.39. The number of ether oxygens (including phenoxy) is 2. The predicted molar refractivity (Wildman–Crippen MR) is 107 cm³/mol. The summed E-state index contributed by atoms with van der Waals surface area (Å²) in [5.74, 6) is 2.39. The molecule has 0 aliphatic rings. The van der Waals surface area contributed by atoms with Crippen molar-refractivity contribution in [2.75, 3.05) is 34.9 Å². The molecule has 5 heteroatoms. The molecule has 5 nitrogen and oxygen atoms in total.